The van der Waals surface area contributed by atoms with Crippen LogP contribution in [0.2, 0.25) is 0 Å². The van der Waals surface area contributed by atoms with E-state index in [9.17, 15) is 10.1 Å². The summed E-state index contributed by atoms with van der Waals surface area (Å²) in [6.07, 6.45) is 0. The molecule has 0 spiro atoms. The Morgan fingerprint density at radius 3 is 2.36 bits per heavy atom. The summed E-state index contributed by atoms with van der Waals surface area (Å²) in [4.78, 5) is 18.1. The molecule has 2 aromatic heterocycles. The first kappa shape index (κ1) is 16.8. The van der Waals surface area contributed by atoms with Crippen LogP contribution < -0.4 is 0 Å². The van der Waals surface area contributed by atoms with Crippen LogP contribution >= 0.6 is 15.9 Å². The molecule has 0 fully saturated rings. The second-order valence-corrected chi connectivity index (χ2v) is 7.59. The fraction of sp³-hybridized carbons (Fsp3) is 0. The quantitative estimate of drug-likeness (QED) is 0.247. The highest BCUT2D eigenvalue weighted by Gasteiger charge is 2.19. The lowest BCUT2D eigenvalue weighted by molar-refractivity contribution is -0.384. The molecule has 0 radical (unpaired) electrons. The summed E-state index contributed by atoms with van der Waals surface area (Å²) in [5, 5.41) is 13.9. The predicted octanol–water partition coefficient (Wildman–Crippen LogP) is 6.65. The third kappa shape index (κ3) is 2.78. The van der Waals surface area contributed by atoms with E-state index in [1.807, 2.05) is 60.7 Å². The number of hydrogen-bond acceptors (Lipinski definition) is 2. The van der Waals surface area contributed by atoms with E-state index in [2.05, 4.69) is 25.9 Å². The number of nitro benzene ring substituents is 1. The number of aromatic nitrogens is 2. The highest BCUT2D eigenvalue weighted by atomic mass is 79.9. The van der Waals surface area contributed by atoms with E-state index in [0.29, 0.717) is 5.56 Å². The molecule has 0 aliphatic rings. The number of nitrogens with zero attached hydrogens (tertiary/aromatic N) is 1. The van der Waals surface area contributed by atoms with Gasteiger partial charge in [0.2, 0.25) is 0 Å². The molecule has 2 heterocycles. The van der Waals surface area contributed by atoms with Gasteiger partial charge in [0.15, 0.2) is 0 Å². The molecule has 0 aliphatic heterocycles. The zero-order valence-corrected chi connectivity index (χ0v) is 16.2. The van der Waals surface area contributed by atoms with Crippen LogP contribution in [0, 0.1) is 10.1 Å². The highest BCUT2D eigenvalue weighted by Crippen LogP contribution is 2.36. The Labute approximate surface area is 168 Å². The number of hydrogen-bond donors (Lipinski definition) is 2. The number of benzene rings is 3. The minimum Gasteiger partial charge on any atom is -0.355 e. The van der Waals surface area contributed by atoms with Crippen molar-refractivity contribution in [2.24, 2.45) is 0 Å². The maximum atomic E-state index is 11.8. The molecule has 2 N–H and O–H groups in total. The van der Waals surface area contributed by atoms with Gasteiger partial charge < -0.3 is 9.97 Å². The first-order chi connectivity index (χ1) is 13.6. The van der Waals surface area contributed by atoms with Gasteiger partial charge in [0.25, 0.3) is 5.69 Å². The number of H-pyrrole nitrogens is 2. The summed E-state index contributed by atoms with van der Waals surface area (Å²) in [5.41, 5.74) is 4.94. The molecule has 136 valence electrons. The highest BCUT2D eigenvalue weighted by molar-refractivity contribution is 9.10. The van der Waals surface area contributed by atoms with E-state index in [-0.39, 0.29) is 10.6 Å². The Bertz CT molecular complexity index is 1330. The van der Waals surface area contributed by atoms with E-state index in [0.717, 1.165) is 43.2 Å². The Hall–Kier alpha value is -3.38. The van der Waals surface area contributed by atoms with E-state index >= 15 is 0 Å². The average Bonchev–Trinajstić information content (AvgIpc) is 3.31. The van der Waals surface area contributed by atoms with Crippen molar-refractivity contribution < 1.29 is 4.92 Å². The largest absolute Gasteiger partial charge is 0.355 e. The van der Waals surface area contributed by atoms with Crippen molar-refractivity contribution in [2.75, 3.05) is 0 Å². The van der Waals surface area contributed by atoms with Crippen molar-refractivity contribution in [3.63, 3.8) is 0 Å². The molecule has 5 rings (SSSR count). The summed E-state index contributed by atoms with van der Waals surface area (Å²) in [7, 11) is 0. The Kier molecular flexibility index (Phi) is 3.80. The van der Waals surface area contributed by atoms with Gasteiger partial charge in [0, 0.05) is 43.6 Å². The number of rotatable bonds is 3. The van der Waals surface area contributed by atoms with Gasteiger partial charge in [0.1, 0.15) is 0 Å². The standard InChI is InChI=1S/C22H14BrN3O2/c23-16-7-5-14-10-21(25-20(14)12-16)17-8-6-15(11-22(17)26(27)28)19-9-13-3-1-2-4-18(13)24-19/h1-12,24-25H. The zero-order valence-electron chi connectivity index (χ0n) is 14.6. The molecule has 0 saturated heterocycles. The number of aromatic amines is 2. The molecular formula is C22H14BrN3O2. The van der Waals surface area contributed by atoms with Crippen LogP contribution in [0.3, 0.4) is 0 Å². The lowest BCUT2D eigenvalue weighted by Crippen LogP contribution is -1.93. The van der Waals surface area contributed by atoms with Crippen molar-refractivity contribution >= 4 is 43.4 Å². The van der Waals surface area contributed by atoms with Crippen molar-refractivity contribution in [1.82, 2.24) is 9.97 Å². The van der Waals surface area contributed by atoms with E-state index < -0.39 is 0 Å². The fourth-order valence-corrected chi connectivity index (χ4v) is 3.91. The van der Waals surface area contributed by atoms with E-state index in [4.69, 9.17) is 0 Å². The molecular weight excluding hydrogens is 418 g/mol. The molecule has 3 aromatic carbocycles. The molecule has 5 nitrogen and oxygen atoms in total. The Morgan fingerprint density at radius 2 is 1.54 bits per heavy atom. The number of fused-ring (bicyclic) bond motifs is 2. The smallest absolute Gasteiger partial charge is 0.279 e. The van der Waals surface area contributed by atoms with Crippen LogP contribution in [0.25, 0.3) is 44.3 Å². The van der Waals surface area contributed by atoms with Crippen LogP contribution in [0.5, 0.6) is 0 Å². The molecule has 0 unspecified atom stereocenters. The molecule has 0 amide bonds. The fourth-order valence-electron chi connectivity index (χ4n) is 3.55. The third-order valence-corrected chi connectivity index (χ3v) is 5.40. The van der Waals surface area contributed by atoms with E-state index in [1.165, 1.54) is 0 Å². The van der Waals surface area contributed by atoms with Crippen LogP contribution in [-0.2, 0) is 0 Å². The molecule has 0 bridgehead atoms. The van der Waals surface area contributed by atoms with Crippen LogP contribution in [-0.4, -0.2) is 14.9 Å². The zero-order chi connectivity index (χ0) is 19.3. The SMILES string of the molecule is O=[N+]([O-])c1cc(-c2cc3ccccc3[nH]2)ccc1-c1cc2ccc(Br)cc2[nH]1. The van der Waals surface area contributed by atoms with Crippen LogP contribution in [0.15, 0.2) is 77.3 Å². The van der Waals surface area contributed by atoms with Crippen molar-refractivity contribution in [3.8, 4) is 22.5 Å². The topological polar surface area (TPSA) is 74.7 Å². The lowest BCUT2D eigenvalue weighted by atomic mass is 10.0. The van der Waals surface area contributed by atoms with Gasteiger partial charge in [-0.15, -0.1) is 0 Å². The predicted molar refractivity (Wildman–Crippen MR) is 115 cm³/mol. The second-order valence-electron chi connectivity index (χ2n) is 6.67. The molecule has 6 heteroatoms. The summed E-state index contributed by atoms with van der Waals surface area (Å²) in [6.45, 7) is 0. The van der Waals surface area contributed by atoms with Gasteiger partial charge in [-0.3, -0.25) is 10.1 Å². The third-order valence-electron chi connectivity index (χ3n) is 4.91. The number of para-hydroxylation sites is 1. The Morgan fingerprint density at radius 1 is 0.786 bits per heavy atom. The summed E-state index contributed by atoms with van der Waals surface area (Å²) >= 11 is 3.45. The molecule has 0 aliphatic carbocycles. The Balaban J connectivity index is 1.65. The summed E-state index contributed by atoms with van der Waals surface area (Å²) in [6, 6.07) is 23.1. The van der Waals surface area contributed by atoms with Crippen LogP contribution in [0.4, 0.5) is 5.69 Å². The number of nitro groups is 1. The summed E-state index contributed by atoms with van der Waals surface area (Å²) < 4.78 is 0.956. The van der Waals surface area contributed by atoms with Gasteiger partial charge in [-0.05, 0) is 36.4 Å². The maximum Gasteiger partial charge on any atom is 0.279 e. The monoisotopic (exact) mass is 431 g/mol. The number of halogens is 1. The van der Waals surface area contributed by atoms with Crippen molar-refractivity contribution in [2.45, 2.75) is 0 Å². The molecule has 0 atom stereocenters. The van der Waals surface area contributed by atoms with Crippen molar-refractivity contribution in [1.29, 1.82) is 0 Å². The van der Waals surface area contributed by atoms with Gasteiger partial charge in [-0.1, -0.05) is 46.3 Å². The van der Waals surface area contributed by atoms with E-state index in [1.54, 1.807) is 12.1 Å². The van der Waals surface area contributed by atoms with Crippen LogP contribution in [0.1, 0.15) is 0 Å². The number of nitrogens with one attached hydrogen (secondary N) is 2. The van der Waals surface area contributed by atoms with Crippen molar-refractivity contribution in [3.05, 3.63) is 87.4 Å². The lowest BCUT2D eigenvalue weighted by Gasteiger charge is -2.04. The normalized spacial score (nSPS) is 11.3. The molecule has 28 heavy (non-hydrogen) atoms. The second kappa shape index (κ2) is 6.35. The van der Waals surface area contributed by atoms with Gasteiger partial charge in [-0.25, -0.2) is 0 Å². The van der Waals surface area contributed by atoms with Gasteiger partial charge in [-0.2, -0.15) is 0 Å². The maximum absolute atomic E-state index is 11.8. The minimum absolute atomic E-state index is 0.0711. The average molecular weight is 432 g/mol. The first-order valence-corrected chi connectivity index (χ1v) is 9.53. The minimum atomic E-state index is -0.330. The first-order valence-electron chi connectivity index (χ1n) is 8.74. The van der Waals surface area contributed by atoms with Gasteiger partial charge >= 0.3 is 0 Å². The molecule has 5 aromatic rings. The van der Waals surface area contributed by atoms with Gasteiger partial charge in [0.05, 0.1) is 16.2 Å². The molecule has 0 saturated carbocycles. The summed E-state index contributed by atoms with van der Waals surface area (Å²) in [5.74, 6) is 0.